The highest BCUT2D eigenvalue weighted by Crippen LogP contribution is 2.30. The van der Waals surface area contributed by atoms with E-state index in [1.807, 2.05) is 84.9 Å². The van der Waals surface area contributed by atoms with E-state index in [0.717, 1.165) is 21.9 Å². The summed E-state index contributed by atoms with van der Waals surface area (Å²) in [5, 5.41) is 6.80. The topological polar surface area (TPSA) is 41.9 Å². The Morgan fingerprint density at radius 1 is 1.00 bits per heavy atom. The van der Waals surface area contributed by atoms with Crippen molar-refractivity contribution >= 4 is 46.7 Å². The van der Waals surface area contributed by atoms with Gasteiger partial charge in [0.05, 0.1) is 24.1 Å². The van der Waals surface area contributed by atoms with Crippen LogP contribution in [-0.2, 0) is 4.79 Å². The Morgan fingerprint density at radius 2 is 1.70 bits per heavy atom. The summed E-state index contributed by atoms with van der Waals surface area (Å²) in [6.07, 6.45) is 1.85. The van der Waals surface area contributed by atoms with E-state index >= 15 is 0 Å². The van der Waals surface area contributed by atoms with Crippen LogP contribution < -0.4 is 9.75 Å². The Kier molecular flexibility index (Phi) is 6.21. The minimum absolute atomic E-state index is 0.154. The molecule has 0 aromatic heterocycles. The molecular formula is C24H19ClN2O2S. The number of hydrazone groups is 1. The highest BCUT2D eigenvalue weighted by Gasteiger charge is 2.31. The van der Waals surface area contributed by atoms with Gasteiger partial charge in [0.15, 0.2) is 0 Å². The van der Waals surface area contributed by atoms with Gasteiger partial charge >= 0.3 is 0 Å². The molecule has 4 rings (SSSR count). The summed E-state index contributed by atoms with van der Waals surface area (Å²) in [6, 6.07) is 24.7. The molecule has 1 amide bonds. The molecule has 0 unspecified atom stereocenters. The molecule has 0 N–H and O–H groups in total. The summed E-state index contributed by atoms with van der Waals surface area (Å²) in [4.78, 5) is 14.3. The van der Waals surface area contributed by atoms with Crippen LogP contribution in [0.25, 0.3) is 6.08 Å². The van der Waals surface area contributed by atoms with E-state index < -0.39 is 0 Å². The number of hydrogen-bond donors (Lipinski definition) is 0. The molecule has 0 aliphatic carbocycles. The van der Waals surface area contributed by atoms with Crippen molar-refractivity contribution < 1.29 is 9.53 Å². The molecule has 0 radical (unpaired) electrons. The quantitative estimate of drug-likeness (QED) is 0.357. The molecule has 4 nitrogen and oxygen atoms in total. The van der Waals surface area contributed by atoms with Gasteiger partial charge in [-0.05, 0) is 48.5 Å². The maximum Gasteiger partial charge on any atom is 0.280 e. The summed E-state index contributed by atoms with van der Waals surface area (Å²) >= 11 is 7.59. The van der Waals surface area contributed by atoms with Crippen molar-refractivity contribution in [2.24, 2.45) is 5.10 Å². The number of ether oxygens (including phenoxy) is 1. The number of carbonyl (C=O) groups excluding carboxylic acids is 1. The molecular weight excluding hydrogens is 416 g/mol. The second-order valence-corrected chi connectivity index (χ2v) is 8.03. The number of thioether (sulfide) groups is 1. The van der Waals surface area contributed by atoms with Crippen LogP contribution in [0.15, 0.2) is 94.4 Å². The molecule has 1 aliphatic rings. The molecule has 0 spiro atoms. The first-order valence-corrected chi connectivity index (χ1v) is 10.7. The fraction of sp³-hybridized carbons (Fsp3) is 0.0833. The van der Waals surface area contributed by atoms with Gasteiger partial charge < -0.3 is 4.74 Å². The van der Waals surface area contributed by atoms with E-state index in [1.54, 1.807) is 18.9 Å². The van der Waals surface area contributed by atoms with Crippen LogP contribution in [0, 0.1) is 0 Å². The fourth-order valence-corrected chi connectivity index (χ4v) is 4.05. The summed E-state index contributed by atoms with van der Waals surface area (Å²) < 4.78 is 5.45. The van der Waals surface area contributed by atoms with Gasteiger partial charge in [-0.15, -0.1) is 11.8 Å². The van der Waals surface area contributed by atoms with E-state index in [-0.39, 0.29) is 5.91 Å². The number of methoxy groups -OCH3 is 1. The number of carbonyl (C=O) groups is 1. The summed E-state index contributed by atoms with van der Waals surface area (Å²) in [7, 11) is 1.62. The number of anilines is 1. The lowest BCUT2D eigenvalue weighted by molar-refractivity contribution is -0.114. The first-order chi connectivity index (χ1) is 14.7. The Morgan fingerprint density at radius 3 is 2.43 bits per heavy atom. The van der Waals surface area contributed by atoms with Crippen LogP contribution in [0.5, 0.6) is 5.75 Å². The Labute approximate surface area is 184 Å². The third kappa shape index (κ3) is 4.42. The highest BCUT2D eigenvalue weighted by molar-refractivity contribution is 8.00. The van der Waals surface area contributed by atoms with E-state index in [9.17, 15) is 4.79 Å². The first-order valence-electron chi connectivity index (χ1n) is 9.36. The van der Waals surface area contributed by atoms with Gasteiger partial charge in [-0.25, -0.2) is 0 Å². The minimum atomic E-state index is -0.154. The zero-order chi connectivity index (χ0) is 20.9. The van der Waals surface area contributed by atoms with Gasteiger partial charge in [0, 0.05) is 21.2 Å². The Hall–Kier alpha value is -3.02. The number of benzene rings is 3. The third-order valence-electron chi connectivity index (χ3n) is 4.58. The molecule has 150 valence electrons. The number of nitrogens with zero attached hydrogens (tertiary/aromatic N) is 2. The summed E-state index contributed by atoms with van der Waals surface area (Å²) in [6.45, 7) is 0. The smallest absolute Gasteiger partial charge is 0.280 e. The Bertz CT molecular complexity index is 1110. The number of amides is 1. The number of halogens is 1. The molecule has 3 aromatic rings. The maximum atomic E-state index is 13.3. The molecule has 0 bridgehead atoms. The molecule has 1 aliphatic heterocycles. The van der Waals surface area contributed by atoms with Crippen molar-refractivity contribution in [1.29, 1.82) is 0 Å². The number of hydrogen-bond acceptors (Lipinski definition) is 4. The molecule has 30 heavy (non-hydrogen) atoms. The molecule has 0 saturated carbocycles. The van der Waals surface area contributed by atoms with Crippen molar-refractivity contribution in [3.8, 4) is 5.75 Å². The standard InChI is InChI=1S/C24H19ClN2O2S/c1-29-23-10-6-5-7-17(23)15-21-22(16-30-20-13-11-18(25)12-14-20)26-27(24(21)28)19-8-3-2-4-9-19/h2-15H,16H2,1H3/b21-15+. The van der Waals surface area contributed by atoms with Crippen LogP contribution in [0.2, 0.25) is 5.02 Å². The average Bonchev–Trinajstić information content (AvgIpc) is 3.10. The van der Waals surface area contributed by atoms with Crippen LogP contribution in [0.4, 0.5) is 5.69 Å². The van der Waals surface area contributed by atoms with Crippen molar-refractivity contribution in [3.05, 3.63) is 95.0 Å². The summed E-state index contributed by atoms with van der Waals surface area (Å²) in [5.74, 6) is 1.11. The average molecular weight is 435 g/mol. The van der Waals surface area contributed by atoms with E-state index in [4.69, 9.17) is 16.3 Å². The fourth-order valence-electron chi connectivity index (χ4n) is 3.08. The van der Waals surface area contributed by atoms with Gasteiger partial charge in [-0.1, -0.05) is 48.0 Å². The van der Waals surface area contributed by atoms with Gasteiger partial charge in [0.1, 0.15) is 5.75 Å². The minimum Gasteiger partial charge on any atom is -0.496 e. The van der Waals surface area contributed by atoms with Crippen molar-refractivity contribution in [2.45, 2.75) is 4.90 Å². The third-order valence-corrected chi connectivity index (χ3v) is 5.86. The van der Waals surface area contributed by atoms with E-state index in [2.05, 4.69) is 5.10 Å². The van der Waals surface area contributed by atoms with E-state index in [0.29, 0.717) is 22.1 Å². The Balaban J connectivity index is 1.68. The van der Waals surface area contributed by atoms with Gasteiger partial charge in [0.2, 0.25) is 0 Å². The highest BCUT2D eigenvalue weighted by atomic mass is 35.5. The number of para-hydroxylation sites is 2. The van der Waals surface area contributed by atoms with Gasteiger partial charge in [-0.2, -0.15) is 10.1 Å². The summed E-state index contributed by atoms with van der Waals surface area (Å²) in [5.41, 5.74) is 2.85. The molecule has 6 heteroatoms. The van der Waals surface area contributed by atoms with Crippen molar-refractivity contribution in [1.82, 2.24) is 0 Å². The zero-order valence-corrected chi connectivity index (χ0v) is 17.9. The van der Waals surface area contributed by atoms with Crippen LogP contribution in [0.3, 0.4) is 0 Å². The SMILES string of the molecule is COc1ccccc1/C=C1/C(=O)N(c2ccccc2)N=C1CSc1ccc(Cl)cc1. The van der Waals surface area contributed by atoms with Crippen LogP contribution in [-0.4, -0.2) is 24.5 Å². The zero-order valence-electron chi connectivity index (χ0n) is 16.3. The van der Waals surface area contributed by atoms with Gasteiger partial charge in [-0.3, -0.25) is 4.79 Å². The lowest BCUT2D eigenvalue weighted by Gasteiger charge is -2.11. The lowest BCUT2D eigenvalue weighted by atomic mass is 10.1. The van der Waals surface area contributed by atoms with Gasteiger partial charge in [0.25, 0.3) is 5.91 Å². The number of rotatable bonds is 6. The molecule has 0 fully saturated rings. The molecule has 1 heterocycles. The first kappa shape index (κ1) is 20.3. The predicted molar refractivity (Wildman–Crippen MR) is 125 cm³/mol. The molecule has 3 aromatic carbocycles. The van der Waals surface area contributed by atoms with E-state index in [1.165, 1.54) is 5.01 Å². The second-order valence-electron chi connectivity index (χ2n) is 6.54. The lowest BCUT2D eigenvalue weighted by Crippen LogP contribution is -2.21. The van der Waals surface area contributed by atoms with Crippen LogP contribution >= 0.6 is 23.4 Å². The van der Waals surface area contributed by atoms with Crippen molar-refractivity contribution in [3.63, 3.8) is 0 Å². The normalized spacial score (nSPS) is 14.9. The van der Waals surface area contributed by atoms with Crippen molar-refractivity contribution in [2.75, 3.05) is 17.9 Å². The molecule has 0 atom stereocenters. The monoisotopic (exact) mass is 434 g/mol. The predicted octanol–water partition coefficient (Wildman–Crippen LogP) is 5.93. The maximum absolute atomic E-state index is 13.3. The van der Waals surface area contributed by atoms with Crippen LogP contribution in [0.1, 0.15) is 5.56 Å². The second kappa shape index (κ2) is 9.20. The molecule has 0 saturated heterocycles. The largest absolute Gasteiger partial charge is 0.496 e.